The number of aliphatic hydroxyl groups is 1. The quantitative estimate of drug-likeness (QED) is 0.783. The van der Waals surface area contributed by atoms with Gasteiger partial charge in [0.25, 0.3) is 0 Å². The topological polar surface area (TPSA) is 60.2 Å². The number of halogens is 2. The molecule has 126 valence electrons. The third kappa shape index (κ3) is 4.07. The molecule has 8 heteroatoms. The van der Waals surface area contributed by atoms with E-state index in [2.05, 4.69) is 10.1 Å². The second-order valence-electron chi connectivity index (χ2n) is 5.22. The first-order chi connectivity index (χ1) is 10.9. The van der Waals surface area contributed by atoms with Crippen LogP contribution in [0.3, 0.4) is 0 Å². The van der Waals surface area contributed by atoms with E-state index >= 15 is 0 Å². The number of hydrogen-bond donors (Lipinski definition) is 1. The van der Waals surface area contributed by atoms with Gasteiger partial charge in [0.05, 0.1) is 12.0 Å². The summed E-state index contributed by atoms with van der Waals surface area (Å²) in [7, 11) is 1.55. The minimum atomic E-state index is -1.61. The number of aromatic nitrogens is 3. The van der Waals surface area contributed by atoms with Crippen LogP contribution >= 0.6 is 11.8 Å². The second-order valence-corrected chi connectivity index (χ2v) is 6.87. The number of ether oxygens (including phenoxy) is 1. The van der Waals surface area contributed by atoms with Crippen LogP contribution in [0.15, 0.2) is 30.9 Å². The molecular formula is C15H19F2N3O2S. The molecule has 0 aliphatic heterocycles. The van der Waals surface area contributed by atoms with Crippen molar-refractivity contribution in [3.8, 4) is 0 Å². The van der Waals surface area contributed by atoms with E-state index in [1.807, 2.05) is 6.92 Å². The van der Waals surface area contributed by atoms with E-state index in [0.717, 1.165) is 12.1 Å². The minimum absolute atomic E-state index is 0.0118. The van der Waals surface area contributed by atoms with Crippen LogP contribution in [-0.4, -0.2) is 37.7 Å². The van der Waals surface area contributed by atoms with Crippen molar-refractivity contribution in [3.05, 3.63) is 48.1 Å². The normalized spacial score (nSPS) is 16.8. The van der Waals surface area contributed by atoms with Gasteiger partial charge in [-0.3, -0.25) is 0 Å². The summed E-state index contributed by atoms with van der Waals surface area (Å²) in [5.41, 5.74) is -1.79. The number of nitrogens with zero attached hydrogens (tertiary/aromatic N) is 3. The molecule has 0 aliphatic rings. The van der Waals surface area contributed by atoms with E-state index in [1.165, 1.54) is 35.2 Å². The zero-order chi connectivity index (χ0) is 17.0. The monoisotopic (exact) mass is 343 g/mol. The molecule has 2 aromatic rings. The van der Waals surface area contributed by atoms with Crippen molar-refractivity contribution in [2.75, 3.05) is 7.11 Å². The van der Waals surface area contributed by atoms with E-state index in [4.69, 9.17) is 4.74 Å². The van der Waals surface area contributed by atoms with E-state index in [0.29, 0.717) is 0 Å². The molecule has 0 bridgehead atoms. The Labute approximate surface area is 137 Å². The SMILES string of the molecule is COC(C)SC(C)C(O)(Cn1cncn1)c1ccc(F)cc1F. The molecule has 5 nitrogen and oxygen atoms in total. The van der Waals surface area contributed by atoms with Gasteiger partial charge in [0, 0.05) is 24.0 Å². The fraction of sp³-hybridized carbons (Fsp3) is 0.467. The van der Waals surface area contributed by atoms with Crippen molar-refractivity contribution in [1.82, 2.24) is 14.8 Å². The van der Waals surface area contributed by atoms with Crippen molar-refractivity contribution in [3.63, 3.8) is 0 Å². The van der Waals surface area contributed by atoms with Gasteiger partial charge in [0.1, 0.15) is 29.9 Å². The predicted octanol–water partition coefficient (Wildman–Crippen LogP) is 2.56. The maximum Gasteiger partial charge on any atom is 0.137 e. The Bertz CT molecular complexity index is 642. The molecule has 3 unspecified atom stereocenters. The summed E-state index contributed by atoms with van der Waals surface area (Å²) in [4.78, 5) is 3.83. The molecule has 1 N–H and O–H groups in total. The molecule has 1 aromatic carbocycles. The van der Waals surface area contributed by atoms with Gasteiger partial charge in [-0.2, -0.15) is 5.10 Å². The highest BCUT2D eigenvalue weighted by atomic mass is 32.2. The Balaban J connectivity index is 2.41. The zero-order valence-electron chi connectivity index (χ0n) is 13.1. The van der Waals surface area contributed by atoms with Gasteiger partial charge in [0.15, 0.2) is 0 Å². The van der Waals surface area contributed by atoms with Crippen molar-refractivity contribution in [2.24, 2.45) is 0 Å². The molecule has 2 rings (SSSR count). The fourth-order valence-electron chi connectivity index (χ4n) is 2.29. The largest absolute Gasteiger partial charge is 0.382 e. The third-order valence-electron chi connectivity index (χ3n) is 3.67. The second kappa shape index (κ2) is 7.37. The lowest BCUT2D eigenvalue weighted by molar-refractivity contribution is 0.0124. The van der Waals surface area contributed by atoms with Crippen molar-refractivity contribution >= 4 is 11.8 Å². The summed E-state index contributed by atoms with van der Waals surface area (Å²) in [5, 5.41) is 14.7. The molecule has 0 fully saturated rings. The van der Waals surface area contributed by atoms with Crippen LogP contribution in [0.25, 0.3) is 0 Å². The molecule has 0 aliphatic carbocycles. The maximum atomic E-state index is 14.3. The summed E-state index contributed by atoms with van der Waals surface area (Å²) in [5.74, 6) is -1.50. The molecule has 3 atom stereocenters. The highest BCUT2D eigenvalue weighted by Gasteiger charge is 2.40. The van der Waals surface area contributed by atoms with Gasteiger partial charge in [-0.15, -0.1) is 11.8 Å². The lowest BCUT2D eigenvalue weighted by Gasteiger charge is -2.35. The van der Waals surface area contributed by atoms with Gasteiger partial charge in [-0.25, -0.2) is 18.4 Å². The van der Waals surface area contributed by atoms with Crippen LogP contribution in [0.4, 0.5) is 8.78 Å². The number of rotatable bonds is 7. The van der Waals surface area contributed by atoms with E-state index in [9.17, 15) is 13.9 Å². The lowest BCUT2D eigenvalue weighted by Crippen LogP contribution is -2.42. The van der Waals surface area contributed by atoms with Crippen LogP contribution in [0.5, 0.6) is 0 Å². The molecule has 0 saturated carbocycles. The highest BCUT2D eigenvalue weighted by molar-refractivity contribution is 8.00. The van der Waals surface area contributed by atoms with Gasteiger partial charge in [-0.05, 0) is 19.9 Å². The zero-order valence-corrected chi connectivity index (χ0v) is 13.9. The fourth-order valence-corrected chi connectivity index (χ4v) is 3.40. The highest BCUT2D eigenvalue weighted by Crippen LogP contribution is 2.37. The van der Waals surface area contributed by atoms with E-state index in [-0.39, 0.29) is 17.5 Å². The number of methoxy groups -OCH3 is 1. The molecule has 1 aromatic heterocycles. The van der Waals surface area contributed by atoms with Crippen LogP contribution in [0, 0.1) is 11.6 Å². The molecular weight excluding hydrogens is 324 g/mol. The third-order valence-corrected chi connectivity index (χ3v) is 5.04. The first-order valence-corrected chi connectivity index (χ1v) is 7.99. The molecule has 1 heterocycles. The predicted molar refractivity (Wildman–Crippen MR) is 83.8 cm³/mol. The Morgan fingerprint density at radius 2 is 2.13 bits per heavy atom. The summed E-state index contributed by atoms with van der Waals surface area (Å²) >= 11 is 1.34. The lowest BCUT2D eigenvalue weighted by atomic mass is 9.90. The van der Waals surface area contributed by atoms with Gasteiger partial charge in [0.2, 0.25) is 0 Å². The first kappa shape index (κ1) is 17.8. The van der Waals surface area contributed by atoms with Crippen LogP contribution in [-0.2, 0) is 16.9 Å². The van der Waals surface area contributed by atoms with Crippen LogP contribution in [0.2, 0.25) is 0 Å². The molecule has 0 amide bonds. The minimum Gasteiger partial charge on any atom is -0.382 e. The molecule has 0 radical (unpaired) electrons. The average Bonchev–Trinajstić information content (AvgIpc) is 2.99. The molecule has 0 spiro atoms. The van der Waals surface area contributed by atoms with Gasteiger partial charge in [-0.1, -0.05) is 6.07 Å². The standard InChI is InChI=1S/C15H19F2N3O2S/c1-10(23-11(2)22-3)15(21,7-20-9-18-8-19-20)13-5-4-12(16)6-14(13)17/h4-6,8-11,21H,7H2,1-3H3. The van der Waals surface area contributed by atoms with Crippen molar-refractivity contribution in [1.29, 1.82) is 0 Å². The molecule has 23 heavy (non-hydrogen) atoms. The number of thioether (sulfide) groups is 1. The van der Waals surface area contributed by atoms with Crippen molar-refractivity contribution < 1.29 is 18.6 Å². The maximum absolute atomic E-state index is 14.3. The average molecular weight is 343 g/mol. The van der Waals surface area contributed by atoms with Gasteiger partial charge < -0.3 is 9.84 Å². The summed E-state index contributed by atoms with van der Waals surface area (Å²) < 4.78 is 34.1. The summed E-state index contributed by atoms with van der Waals surface area (Å²) in [6.45, 7) is 3.58. The first-order valence-electron chi connectivity index (χ1n) is 7.05. The summed E-state index contributed by atoms with van der Waals surface area (Å²) in [6, 6.07) is 3.15. The van der Waals surface area contributed by atoms with Crippen LogP contribution < -0.4 is 0 Å². The molecule has 0 saturated heterocycles. The smallest absolute Gasteiger partial charge is 0.137 e. The number of benzene rings is 1. The Morgan fingerprint density at radius 1 is 1.39 bits per heavy atom. The summed E-state index contributed by atoms with van der Waals surface area (Å²) in [6.07, 6.45) is 2.76. The van der Waals surface area contributed by atoms with Crippen molar-refractivity contribution in [2.45, 2.75) is 36.7 Å². The Hall–Kier alpha value is -1.51. The van der Waals surface area contributed by atoms with Gasteiger partial charge >= 0.3 is 0 Å². The number of hydrogen-bond acceptors (Lipinski definition) is 5. The van der Waals surface area contributed by atoms with Crippen LogP contribution in [0.1, 0.15) is 19.4 Å². The Kier molecular flexibility index (Phi) is 5.72. The van der Waals surface area contributed by atoms with E-state index in [1.54, 1.807) is 14.0 Å². The Morgan fingerprint density at radius 3 is 2.70 bits per heavy atom. The van der Waals surface area contributed by atoms with E-state index < -0.39 is 22.5 Å².